The number of hydrogen-bond donors (Lipinski definition) is 2. The lowest BCUT2D eigenvalue weighted by molar-refractivity contribution is 0.555. The van der Waals surface area contributed by atoms with E-state index in [9.17, 15) is 0 Å². The van der Waals surface area contributed by atoms with Crippen LogP contribution >= 0.6 is 12.2 Å². The van der Waals surface area contributed by atoms with Crippen LogP contribution in [0.15, 0.2) is 5.10 Å². The summed E-state index contributed by atoms with van der Waals surface area (Å²) in [6, 6.07) is 0. The van der Waals surface area contributed by atoms with E-state index in [2.05, 4.69) is 29.7 Å². The highest BCUT2D eigenvalue weighted by Gasteiger charge is 2.15. The zero-order chi connectivity index (χ0) is 8.97. The van der Waals surface area contributed by atoms with Crippen LogP contribution in [-0.2, 0) is 0 Å². The molecule has 0 radical (unpaired) electrons. The molecule has 0 bridgehead atoms. The van der Waals surface area contributed by atoms with Gasteiger partial charge in [-0.15, -0.1) is 0 Å². The van der Waals surface area contributed by atoms with Crippen molar-refractivity contribution in [2.75, 3.05) is 0 Å². The third kappa shape index (κ3) is 2.77. The minimum absolute atomic E-state index is 0.250. The first kappa shape index (κ1) is 9.45. The number of hydrogen-bond acceptors (Lipinski definition) is 2. The van der Waals surface area contributed by atoms with E-state index < -0.39 is 0 Å². The average molecular weight is 185 g/mol. The third-order valence-corrected chi connectivity index (χ3v) is 2.29. The molecular formula is C8H15N3S. The molecule has 0 saturated heterocycles. The van der Waals surface area contributed by atoms with Gasteiger partial charge in [-0.2, -0.15) is 5.10 Å². The second-order valence-electron chi connectivity index (χ2n) is 3.23. The maximum Gasteiger partial charge on any atom is 0.184 e. The van der Waals surface area contributed by atoms with Gasteiger partial charge in [0.2, 0.25) is 0 Å². The zero-order valence-electron chi connectivity index (χ0n) is 7.34. The summed E-state index contributed by atoms with van der Waals surface area (Å²) in [5, 5.41) is 4.41. The first-order chi connectivity index (χ1) is 5.70. The number of nitrogens with zero attached hydrogens (tertiary/aromatic N) is 1. The number of nitrogens with two attached hydrogens (primary N) is 1. The molecule has 1 saturated carbocycles. The standard InChI is InChI=1S/C8H15N3S/c1-6-4-2-3-5-7(6)10-11-8(9)12/h6H,2-5H2,1H3,(H3,9,11,12)/b10-7+/t6-/m1/s1. The molecule has 1 atom stereocenters. The molecule has 0 unspecified atom stereocenters. The number of thiocarbonyl (C=S) groups is 1. The normalized spacial score (nSPS) is 27.1. The van der Waals surface area contributed by atoms with Gasteiger partial charge in [0.1, 0.15) is 0 Å². The van der Waals surface area contributed by atoms with Gasteiger partial charge < -0.3 is 5.73 Å². The molecule has 0 aromatic rings. The van der Waals surface area contributed by atoms with Gasteiger partial charge in [-0.25, -0.2) is 0 Å². The second kappa shape index (κ2) is 4.40. The van der Waals surface area contributed by atoms with Crippen molar-refractivity contribution in [3.8, 4) is 0 Å². The zero-order valence-corrected chi connectivity index (χ0v) is 8.16. The van der Waals surface area contributed by atoms with Crippen molar-refractivity contribution in [1.29, 1.82) is 0 Å². The third-order valence-electron chi connectivity index (χ3n) is 2.20. The van der Waals surface area contributed by atoms with Crippen LogP contribution in [0.4, 0.5) is 0 Å². The lowest BCUT2D eigenvalue weighted by Crippen LogP contribution is -2.28. The minimum atomic E-state index is 0.250. The summed E-state index contributed by atoms with van der Waals surface area (Å²) in [7, 11) is 0. The lowest BCUT2D eigenvalue weighted by Gasteiger charge is -2.19. The average Bonchev–Trinajstić information content (AvgIpc) is 2.03. The van der Waals surface area contributed by atoms with Gasteiger partial charge in [0.05, 0.1) is 0 Å². The summed E-state index contributed by atoms with van der Waals surface area (Å²) in [6.07, 6.45) is 4.87. The Morgan fingerprint density at radius 2 is 2.42 bits per heavy atom. The Hall–Kier alpha value is -0.640. The van der Waals surface area contributed by atoms with Crippen molar-refractivity contribution >= 4 is 23.0 Å². The first-order valence-electron chi connectivity index (χ1n) is 4.32. The van der Waals surface area contributed by atoms with Crippen molar-refractivity contribution in [3.05, 3.63) is 0 Å². The molecular weight excluding hydrogens is 170 g/mol. The molecule has 0 spiro atoms. The molecule has 1 aliphatic rings. The predicted octanol–water partition coefficient (Wildman–Crippen LogP) is 1.39. The highest BCUT2D eigenvalue weighted by molar-refractivity contribution is 7.80. The highest BCUT2D eigenvalue weighted by atomic mass is 32.1. The smallest absolute Gasteiger partial charge is 0.184 e. The van der Waals surface area contributed by atoms with E-state index in [1.165, 1.54) is 25.0 Å². The quantitative estimate of drug-likeness (QED) is 0.479. The van der Waals surface area contributed by atoms with E-state index in [4.69, 9.17) is 5.73 Å². The maximum absolute atomic E-state index is 5.27. The molecule has 0 aromatic carbocycles. The van der Waals surface area contributed by atoms with Gasteiger partial charge in [0, 0.05) is 5.71 Å². The molecule has 1 rings (SSSR count). The Morgan fingerprint density at radius 3 is 3.00 bits per heavy atom. The van der Waals surface area contributed by atoms with Crippen molar-refractivity contribution in [1.82, 2.24) is 5.43 Å². The highest BCUT2D eigenvalue weighted by Crippen LogP contribution is 2.20. The molecule has 3 N–H and O–H groups in total. The van der Waals surface area contributed by atoms with Crippen LogP contribution < -0.4 is 11.2 Å². The molecule has 0 aromatic heterocycles. The van der Waals surface area contributed by atoms with Crippen molar-refractivity contribution in [3.63, 3.8) is 0 Å². The SMILES string of the molecule is C[C@@H]1CCCC/C1=N\NC(N)=S. The van der Waals surface area contributed by atoms with Crippen molar-refractivity contribution < 1.29 is 0 Å². The van der Waals surface area contributed by atoms with Crippen molar-refractivity contribution in [2.45, 2.75) is 32.6 Å². The van der Waals surface area contributed by atoms with Gasteiger partial charge in [0.15, 0.2) is 5.11 Å². The van der Waals surface area contributed by atoms with E-state index in [-0.39, 0.29) is 5.11 Å². The van der Waals surface area contributed by atoms with Crippen LogP contribution in [0.2, 0.25) is 0 Å². The van der Waals surface area contributed by atoms with Gasteiger partial charge >= 0.3 is 0 Å². The summed E-state index contributed by atoms with van der Waals surface area (Å²) in [4.78, 5) is 0. The van der Waals surface area contributed by atoms with Crippen LogP contribution in [0.3, 0.4) is 0 Å². The second-order valence-corrected chi connectivity index (χ2v) is 3.67. The van der Waals surface area contributed by atoms with E-state index in [1.807, 2.05) is 0 Å². The Bertz CT molecular complexity index is 200. The van der Waals surface area contributed by atoms with Gasteiger partial charge in [-0.1, -0.05) is 13.3 Å². The first-order valence-corrected chi connectivity index (χ1v) is 4.73. The molecule has 68 valence electrons. The van der Waals surface area contributed by atoms with Crippen LogP contribution in [0, 0.1) is 5.92 Å². The number of rotatable bonds is 1. The number of nitrogens with one attached hydrogen (secondary N) is 1. The van der Waals surface area contributed by atoms with E-state index in [1.54, 1.807) is 0 Å². The van der Waals surface area contributed by atoms with Crippen LogP contribution in [-0.4, -0.2) is 10.8 Å². The van der Waals surface area contributed by atoms with Gasteiger partial charge in [0.25, 0.3) is 0 Å². The minimum Gasteiger partial charge on any atom is -0.375 e. The summed E-state index contributed by atoms with van der Waals surface area (Å²) in [5.41, 5.74) is 9.11. The summed E-state index contributed by atoms with van der Waals surface area (Å²) >= 11 is 4.66. The van der Waals surface area contributed by atoms with Crippen LogP contribution in [0.1, 0.15) is 32.6 Å². The monoisotopic (exact) mass is 185 g/mol. The predicted molar refractivity (Wildman–Crippen MR) is 55.0 cm³/mol. The molecule has 0 aliphatic heterocycles. The Labute approximate surface area is 78.4 Å². The molecule has 1 aliphatic carbocycles. The van der Waals surface area contributed by atoms with E-state index in [0.29, 0.717) is 5.92 Å². The van der Waals surface area contributed by atoms with Gasteiger partial charge in [-0.05, 0) is 37.4 Å². The topological polar surface area (TPSA) is 50.4 Å². The molecule has 3 nitrogen and oxygen atoms in total. The molecule has 0 amide bonds. The summed E-state index contributed by atoms with van der Waals surface area (Å²) in [5.74, 6) is 0.584. The summed E-state index contributed by atoms with van der Waals surface area (Å²) in [6.45, 7) is 2.19. The van der Waals surface area contributed by atoms with E-state index >= 15 is 0 Å². The fourth-order valence-corrected chi connectivity index (χ4v) is 1.51. The maximum atomic E-state index is 5.27. The Balaban J connectivity index is 2.47. The number of hydrazone groups is 1. The largest absolute Gasteiger partial charge is 0.375 e. The van der Waals surface area contributed by atoms with Crippen LogP contribution in [0.5, 0.6) is 0 Å². The van der Waals surface area contributed by atoms with E-state index in [0.717, 1.165) is 6.42 Å². The Morgan fingerprint density at radius 1 is 1.67 bits per heavy atom. The molecule has 1 fully saturated rings. The lowest BCUT2D eigenvalue weighted by atomic mass is 9.89. The van der Waals surface area contributed by atoms with Crippen molar-refractivity contribution in [2.24, 2.45) is 16.8 Å². The Kier molecular flexibility index (Phi) is 3.47. The fraction of sp³-hybridized carbons (Fsp3) is 0.750. The van der Waals surface area contributed by atoms with Crippen LogP contribution in [0.25, 0.3) is 0 Å². The molecule has 4 heteroatoms. The summed E-state index contributed by atoms with van der Waals surface area (Å²) < 4.78 is 0. The molecule has 0 heterocycles. The fourth-order valence-electron chi connectivity index (χ4n) is 1.46. The van der Waals surface area contributed by atoms with Gasteiger partial charge in [-0.3, -0.25) is 5.43 Å². The molecule has 12 heavy (non-hydrogen) atoms.